The van der Waals surface area contributed by atoms with E-state index in [9.17, 15) is 21.6 Å². The molecule has 142 valence electrons. The van der Waals surface area contributed by atoms with Gasteiger partial charge in [0.1, 0.15) is 6.26 Å². The van der Waals surface area contributed by atoms with E-state index in [4.69, 9.17) is 0 Å². The molecule has 0 saturated carbocycles. The molecule has 3 nitrogen and oxygen atoms in total. The van der Waals surface area contributed by atoms with Crippen molar-refractivity contribution >= 4 is 20.9 Å². The summed E-state index contributed by atoms with van der Waals surface area (Å²) in [6.07, 6.45) is 5.18. The Labute approximate surface area is 151 Å². The first-order chi connectivity index (χ1) is 12.2. The molecular formula is C19H21F3O3S. The Morgan fingerprint density at radius 2 is 1.81 bits per heavy atom. The van der Waals surface area contributed by atoms with E-state index >= 15 is 0 Å². The molecule has 0 aliphatic carbocycles. The highest BCUT2D eigenvalue weighted by Crippen LogP contribution is 2.26. The molecule has 0 bridgehead atoms. The number of hydrogen-bond donors (Lipinski definition) is 0. The van der Waals surface area contributed by atoms with Crippen LogP contribution < -0.4 is 0 Å². The van der Waals surface area contributed by atoms with Gasteiger partial charge in [-0.2, -0.15) is 21.6 Å². The topological polar surface area (TPSA) is 43.4 Å². The zero-order valence-electron chi connectivity index (χ0n) is 14.4. The van der Waals surface area contributed by atoms with Crippen molar-refractivity contribution in [3.05, 3.63) is 60.4 Å². The van der Waals surface area contributed by atoms with Gasteiger partial charge in [0.2, 0.25) is 0 Å². The minimum absolute atomic E-state index is 0.121. The second kappa shape index (κ2) is 8.58. The molecule has 2 aromatic rings. The van der Waals surface area contributed by atoms with Crippen LogP contribution in [0.2, 0.25) is 0 Å². The van der Waals surface area contributed by atoms with Crippen LogP contribution in [-0.2, 0) is 20.7 Å². The quantitative estimate of drug-likeness (QED) is 0.338. The lowest BCUT2D eigenvalue weighted by molar-refractivity contribution is -0.0515. The van der Waals surface area contributed by atoms with Crippen molar-refractivity contribution in [3.8, 4) is 0 Å². The number of rotatable bonds is 8. The molecule has 0 N–H and O–H groups in total. The number of halogens is 3. The first-order valence-corrected chi connectivity index (χ1v) is 9.78. The highest BCUT2D eigenvalue weighted by Gasteiger charge is 2.47. The second-order valence-corrected chi connectivity index (χ2v) is 7.63. The van der Waals surface area contributed by atoms with Crippen LogP contribution in [0, 0.1) is 5.92 Å². The number of fused-ring (bicyclic) bond motifs is 1. The largest absolute Gasteiger partial charge is 0.534 e. The second-order valence-electron chi connectivity index (χ2n) is 6.07. The molecule has 0 aromatic heterocycles. The lowest BCUT2D eigenvalue weighted by Crippen LogP contribution is -2.23. The Kier molecular flexibility index (Phi) is 6.69. The maximum absolute atomic E-state index is 12.3. The summed E-state index contributed by atoms with van der Waals surface area (Å²) in [4.78, 5) is 0. The maximum atomic E-state index is 12.3. The fraction of sp³-hybridized carbons (Fsp3) is 0.368. The van der Waals surface area contributed by atoms with E-state index in [2.05, 4.69) is 4.18 Å². The fourth-order valence-corrected chi connectivity index (χ4v) is 3.08. The van der Waals surface area contributed by atoms with Gasteiger partial charge in [0, 0.05) is 0 Å². The number of allylic oxidation sites excluding steroid dienone is 1. The van der Waals surface area contributed by atoms with E-state index in [1.807, 2.05) is 49.4 Å². The van der Waals surface area contributed by atoms with Gasteiger partial charge in [0.15, 0.2) is 0 Å². The molecule has 7 heteroatoms. The van der Waals surface area contributed by atoms with Crippen LogP contribution in [0.5, 0.6) is 0 Å². The van der Waals surface area contributed by atoms with E-state index in [-0.39, 0.29) is 5.92 Å². The summed E-state index contributed by atoms with van der Waals surface area (Å²) in [6, 6.07) is 13.8. The molecule has 0 heterocycles. The van der Waals surface area contributed by atoms with Crippen molar-refractivity contribution in [1.82, 2.24) is 0 Å². The first-order valence-electron chi connectivity index (χ1n) is 8.37. The minimum Gasteiger partial charge on any atom is -0.384 e. The molecule has 2 rings (SSSR count). The Morgan fingerprint density at radius 1 is 1.12 bits per heavy atom. The predicted molar refractivity (Wildman–Crippen MR) is 95.9 cm³/mol. The number of hydrogen-bond acceptors (Lipinski definition) is 3. The third-order valence-corrected chi connectivity index (χ3v) is 5.04. The zero-order valence-corrected chi connectivity index (χ0v) is 15.2. The Balaban J connectivity index is 2.18. The van der Waals surface area contributed by atoms with Gasteiger partial charge in [-0.25, -0.2) is 0 Å². The molecule has 0 saturated heterocycles. The summed E-state index contributed by atoms with van der Waals surface area (Å²) in [6.45, 7) is 2.02. The number of alkyl halides is 3. The van der Waals surface area contributed by atoms with Crippen LogP contribution in [0.1, 0.15) is 31.7 Å². The van der Waals surface area contributed by atoms with E-state index in [0.717, 1.165) is 35.6 Å². The number of benzene rings is 2. The standard InChI is InChI=1S/C19H21F3O3S/c1-2-3-7-15(12-13-25-26(23,24)19(20,21)22)14-17-10-6-9-16-8-4-5-11-18(16)17/h4-6,8-13,15H,2-3,7,14H2,1H3. The van der Waals surface area contributed by atoms with Crippen molar-refractivity contribution in [2.45, 2.75) is 38.1 Å². The van der Waals surface area contributed by atoms with Crippen LogP contribution in [0.4, 0.5) is 13.2 Å². The van der Waals surface area contributed by atoms with Crippen molar-refractivity contribution in [2.75, 3.05) is 0 Å². The third kappa shape index (κ3) is 5.24. The molecule has 0 fully saturated rings. The van der Waals surface area contributed by atoms with Gasteiger partial charge in [-0.1, -0.05) is 62.2 Å². The lowest BCUT2D eigenvalue weighted by Gasteiger charge is -2.14. The molecule has 0 spiro atoms. The summed E-state index contributed by atoms with van der Waals surface area (Å²) in [7, 11) is -5.61. The van der Waals surface area contributed by atoms with Gasteiger partial charge < -0.3 is 4.18 Å². The summed E-state index contributed by atoms with van der Waals surface area (Å²) >= 11 is 0. The van der Waals surface area contributed by atoms with Crippen molar-refractivity contribution in [2.24, 2.45) is 5.92 Å². The van der Waals surface area contributed by atoms with Gasteiger partial charge in [-0.05, 0) is 41.2 Å². The lowest BCUT2D eigenvalue weighted by atomic mass is 9.91. The Morgan fingerprint density at radius 3 is 2.50 bits per heavy atom. The molecule has 0 radical (unpaired) electrons. The number of unbranched alkanes of at least 4 members (excludes halogenated alkanes) is 1. The predicted octanol–water partition coefficient (Wildman–Crippen LogP) is 5.57. The van der Waals surface area contributed by atoms with Gasteiger partial charge in [0.25, 0.3) is 0 Å². The van der Waals surface area contributed by atoms with Crippen LogP contribution >= 0.6 is 0 Å². The molecule has 26 heavy (non-hydrogen) atoms. The van der Waals surface area contributed by atoms with Gasteiger partial charge >= 0.3 is 15.6 Å². The molecule has 0 aliphatic heterocycles. The molecule has 1 atom stereocenters. The van der Waals surface area contributed by atoms with Gasteiger partial charge in [0.05, 0.1) is 0 Å². The van der Waals surface area contributed by atoms with E-state index in [0.29, 0.717) is 12.7 Å². The SMILES string of the molecule is CCCCC(C=COS(=O)(=O)C(F)(F)F)Cc1cccc2ccccc12. The monoisotopic (exact) mass is 386 g/mol. The van der Waals surface area contributed by atoms with Gasteiger partial charge in [-0.15, -0.1) is 0 Å². The first kappa shape index (κ1) is 20.3. The smallest absolute Gasteiger partial charge is 0.384 e. The normalized spacial score (nSPS) is 14.0. The summed E-state index contributed by atoms with van der Waals surface area (Å²) in [5.41, 5.74) is -4.36. The van der Waals surface area contributed by atoms with Crippen LogP contribution in [0.25, 0.3) is 10.8 Å². The van der Waals surface area contributed by atoms with Crippen LogP contribution in [0.3, 0.4) is 0 Å². The van der Waals surface area contributed by atoms with E-state index < -0.39 is 15.6 Å². The van der Waals surface area contributed by atoms with Crippen molar-refractivity contribution in [3.63, 3.8) is 0 Å². The molecular weight excluding hydrogens is 365 g/mol. The average molecular weight is 386 g/mol. The average Bonchev–Trinajstić information content (AvgIpc) is 2.58. The maximum Gasteiger partial charge on any atom is 0.534 e. The minimum atomic E-state index is -5.61. The fourth-order valence-electron chi connectivity index (χ4n) is 2.76. The molecule has 1 unspecified atom stereocenters. The van der Waals surface area contributed by atoms with Crippen LogP contribution in [-0.4, -0.2) is 13.9 Å². The summed E-state index contributed by atoms with van der Waals surface area (Å²) in [5.74, 6) is -0.121. The summed E-state index contributed by atoms with van der Waals surface area (Å²) in [5, 5.41) is 2.16. The molecule has 2 aromatic carbocycles. The zero-order chi connectivity index (χ0) is 19.2. The van der Waals surface area contributed by atoms with Crippen molar-refractivity contribution in [1.29, 1.82) is 0 Å². The third-order valence-electron chi connectivity index (χ3n) is 4.11. The Bertz CT molecular complexity index is 852. The Hall–Kier alpha value is -2.02. The van der Waals surface area contributed by atoms with Crippen molar-refractivity contribution < 1.29 is 25.8 Å². The van der Waals surface area contributed by atoms with E-state index in [1.165, 1.54) is 6.08 Å². The highest BCUT2D eigenvalue weighted by atomic mass is 32.2. The molecule has 0 amide bonds. The van der Waals surface area contributed by atoms with E-state index in [1.54, 1.807) is 0 Å². The summed E-state index contributed by atoms with van der Waals surface area (Å²) < 4.78 is 63.0. The van der Waals surface area contributed by atoms with Crippen LogP contribution in [0.15, 0.2) is 54.8 Å². The molecule has 0 aliphatic rings. The highest BCUT2D eigenvalue weighted by molar-refractivity contribution is 7.87. The van der Waals surface area contributed by atoms with Gasteiger partial charge in [-0.3, -0.25) is 0 Å².